The summed E-state index contributed by atoms with van der Waals surface area (Å²) in [5.41, 5.74) is 0.920. The van der Waals surface area contributed by atoms with Crippen molar-refractivity contribution < 1.29 is 14.3 Å². The van der Waals surface area contributed by atoms with Gasteiger partial charge in [0.15, 0.2) is 0 Å². The summed E-state index contributed by atoms with van der Waals surface area (Å²) in [4.78, 5) is 29.7. The molecular weight excluding hydrogens is 352 g/mol. The number of amides is 2. The Morgan fingerprint density at radius 3 is 2.46 bits per heavy atom. The molecule has 5 nitrogen and oxygen atoms in total. The van der Waals surface area contributed by atoms with Gasteiger partial charge in [-0.05, 0) is 42.9 Å². The Morgan fingerprint density at radius 2 is 1.81 bits per heavy atom. The molecule has 1 aromatic carbocycles. The molecule has 0 N–H and O–H groups in total. The monoisotopic (exact) mass is 372 g/mol. The van der Waals surface area contributed by atoms with Gasteiger partial charge >= 0.3 is 0 Å². The second kappa shape index (κ2) is 5.74. The molecule has 5 atom stereocenters. The number of fused-ring (bicyclic) bond motifs is 5. The lowest BCUT2D eigenvalue weighted by molar-refractivity contribution is -0.143. The standard InChI is InChI=1S/C20H21ClN2O3/c1-26-16-5-4-13(21)9-15(16)22-7-6-14(10-22)23-19(24)17-11-2-3-12(8-11)18(17)20(23)25/h2-5,9,11-12,14,17-18H,6-8,10H2,1H3/t11-,12+,14?,17+,18-. The van der Waals surface area contributed by atoms with Gasteiger partial charge in [0, 0.05) is 18.1 Å². The molecule has 2 amide bonds. The van der Waals surface area contributed by atoms with Crippen LogP contribution in [0.2, 0.25) is 5.02 Å². The Bertz CT molecular complexity index is 793. The van der Waals surface area contributed by atoms with Gasteiger partial charge in [0.05, 0.1) is 30.7 Å². The molecule has 2 saturated heterocycles. The van der Waals surface area contributed by atoms with E-state index in [9.17, 15) is 9.59 Å². The average Bonchev–Trinajstić information content (AvgIpc) is 3.39. The van der Waals surface area contributed by atoms with E-state index in [1.165, 1.54) is 0 Å². The predicted octanol–water partition coefficient (Wildman–Crippen LogP) is 2.73. The van der Waals surface area contributed by atoms with E-state index in [-0.39, 0.29) is 41.5 Å². The van der Waals surface area contributed by atoms with Gasteiger partial charge in [-0.1, -0.05) is 23.8 Å². The average molecular weight is 373 g/mol. The second-order valence-electron chi connectivity index (χ2n) is 7.75. The summed E-state index contributed by atoms with van der Waals surface area (Å²) >= 11 is 6.16. The number of hydrogen-bond donors (Lipinski definition) is 0. The first-order chi connectivity index (χ1) is 12.6. The van der Waals surface area contributed by atoms with Crippen LogP contribution in [0.25, 0.3) is 0 Å². The van der Waals surface area contributed by atoms with Crippen LogP contribution in [0.5, 0.6) is 5.75 Å². The summed E-state index contributed by atoms with van der Waals surface area (Å²) < 4.78 is 5.46. The van der Waals surface area contributed by atoms with Crippen LogP contribution in [0.4, 0.5) is 5.69 Å². The van der Waals surface area contributed by atoms with E-state index < -0.39 is 0 Å². The zero-order chi connectivity index (χ0) is 18.0. The lowest BCUT2D eigenvalue weighted by atomic mass is 9.85. The van der Waals surface area contributed by atoms with Crippen molar-refractivity contribution in [2.75, 3.05) is 25.1 Å². The SMILES string of the molecule is COc1ccc(Cl)cc1N1CCC(N2C(=O)[C@@H]3[C@H](C2=O)[C@H]2C=C[C@@H]3C2)C1. The highest BCUT2D eigenvalue weighted by Gasteiger charge is 2.60. The lowest BCUT2D eigenvalue weighted by Gasteiger charge is -2.26. The molecule has 2 bridgehead atoms. The molecule has 1 unspecified atom stereocenters. The van der Waals surface area contributed by atoms with Gasteiger partial charge < -0.3 is 9.64 Å². The highest BCUT2D eigenvalue weighted by atomic mass is 35.5. The van der Waals surface area contributed by atoms with Crippen LogP contribution >= 0.6 is 11.6 Å². The summed E-state index contributed by atoms with van der Waals surface area (Å²) in [6.07, 6.45) is 6.03. The Labute approximate surface area is 157 Å². The number of carbonyl (C=O) groups is 2. The predicted molar refractivity (Wildman–Crippen MR) is 98.2 cm³/mol. The van der Waals surface area contributed by atoms with Crippen LogP contribution in [-0.2, 0) is 9.59 Å². The zero-order valence-electron chi connectivity index (χ0n) is 14.6. The van der Waals surface area contributed by atoms with Crippen LogP contribution in [0, 0.1) is 23.7 Å². The number of methoxy groups -OCH3 is 1. The third kappa shape index (κ3) is 2.16. The number of halogens is 1. The molecule has 0 spiro atoms. The molecule has 6 heteroatoms. The number of ether oxygens (including phenoxy) is 1. The molecule has 1 aromatic rings. The number of benzene rings is 1. The molecule has 1 saturated carbocycles. The van der Waals surface area contributed by atoms with Gasteiger partial charge in [0.1, 0.15) is 5.75 Å². The lowest BCUT2D eigenvalue weighted by Crippen LogP contribution is -2.43. The van der Waals surface area contributed by atoms with Gasteiger partial charge in [-0.25, -0.2) is 0 Å². The maximum Gasteiger partial charge on any atom is 0.234 e. The number of nitrogens with zero attached hydrogens (tertiary/aromatic N) is 2. The molecule has 2 aliphatic carbocycles. The number of likely N-dealkylation sites (tertiary alicyclic amines) is 1. The third-order valence-electron chi connectivity index (χ3n) is 6.51. The van der Waals surface area contributed by atoms with Crippen LogP contribution < -0.4 is 9.64 Å². The quantitative estimate of drug-likeness (QED) is 0.604. The van der Waals surface area contributed by atoms with Gasteiger partial charge in [-0.3, -0.25) is 14.5 Å². The van der Waals surface area contributed by atoms with Gasteiger partial charge in [0.2, 0.25) is 11.8 Å². The number of rotatable bonds is 3. The second-order valence-corrected chi connectivity index (χ2v) is 8.19. The minimum atomic E-state index is -0.118. The number of allylic oxidation sites excluding steroid dienone is 2. The molecule has 0 radical (unpaired) electrons. The maximum absolute atomic E-state index is 13.0. The number of imide groups is 1. The topological polar surface area (TPSA) is 49.9 Å². The fourth-order valence-corrected chi connectivity index (χ4v) is 5.53. The Hall–Kier alpha value is -2.01. The maximum atomic E-state index is 13.0. The molecule has 2 heterocycles. The molecule has 2 aliphatic heterocycles. The van der Waals surface area contributed by atoms with Crippen molar-refractivity contribution in [1.82, 2.24) is 4.90 Å². The molecule has 136 valence electrons. The zero-order valence-corrected chi connectivity index (χ0v) is 15.4. The number of anilines is 1. The summed E-state index contributed by atoms with van der Waals surface area (Å²) in [5, 5.41) is 0.648. The first kappa shape index (κ1) is 16.2. The van der Waals surface area contributed by atoms with Crippen molar-refractivity contribution in [3.8, 4) is 5.75 Å². The van der Waals surface area contributed by atoms with E-state index in [2.05, 4.69) is 17.1 Å². The summed E-state index contributed by atoms with van der Waals surface area (Å²) in [5.74, 6) is 1.13. The van der Waals surface area contributed by atoms with Crippen molar-refractivity contribution in [2.24, 2.45) is 23.7 Å². The molecular formula is C20H21ClN2O3. The number of carbonyl (C=O) groups excluding carboxylic acids is 2. The van der Waals surface area contributed by atoms with Gasteiger partial charge in [-0.15, -0.1) is 0 Å². The van der Waals surface area contributed by atoms with E-state index in [4.69, 9.17) is 16.3 Å². The van der Waals surface area contributed by atoms with Crippen LogP contribution in [-0.4, -0.2) is 43.0 Å². The van der Waals surface area contributed by atoms with E-state index in [1.807, 2.05) is 12.1 Å². The van der Waals surface area contributed by atoms with Crippen molar-refractivity contribution >= 4 is 29.1 Å². The molecule has 5 rings (SSSR count). The Kier molecular flexibility index (Phi) is 3.58. The third-order valence-corrected chi connectivity index (χ3v) is 6.75. The van der Waals surface area contributed by atoms with Crippen molar-refractivity contribution in [2.45, 2.75) is 18.9 Å². The summed E-state index contributed by atoms with van der Waals surface area (Å²) in [6.45, 7) is 1.41. The Morgan fingerprint density at radius 1 is 1.12 bits per heavy atom. The fraction of sp³-hybridized carbons (Fsp3) is 0.500. The largest absolute Gasteiger partial charge is 0.495 e. The van der Waals surface area contributed by atoms with E-state index >= 15 is 0 Å². The Balaban J connectivity index is 1.38. The van der Waals surface area contributed by atoms with E-state index in [1.54, 1.807) is 18.1 Å². The van der Waals surface area contributed by atoms with Gasteiger partial charge in [0.25, 0.3) is 0 Å². The first-order valence-corrected chi connectivity index (χ1v) is 9.60. The van der Waals surface area contributed by atoms with Crippen molar-refractivity contribution in [3.05, 3.63) is 35.4 Å². The minimum absolute atomic E-state index is 0.0433. The number of hydrogen-bond acceptors (Lipinski definition) is 4. The highest BCUT2D eigenvalue weighted by molar-refractivity contribution is 6.31. The molecule has 4 aliphatic rings. The molecule has 3 fully saturated rings. The summed E-state index contributed by atoms with van der Waals surface area (Å²) in [7, 11) is 1.64. The normalized spacial score (nSPS) is 34.9. The molecule has 26 heavy (non-hydrogen) atoms. The van der Waals surface area contributed by atoms with Gasteiger partial charge in [-0.2, -0.15) is 0 Å². The summed E-state index contributed by atoms with van der Waals surface area (Å²) in [6, 6.07) is 5.47. The first-order valence-electron chi connectivity index (χ1n) is 9.22. The minimum Gasteiger partial charge on any atom is -0.495 e. The smallest absolute Gasteiger partial charge is 0.234 e. The van der Waals surface area contributed by atoms with E-state index in [0.717, 1.165) is 30.8 Å². The van der Waals surface area contributed by atoms with Crippen LogP contribution in [0.15, 0.2) is 30.4 Å². The fourth-order valence-electron chi connectivity index (χ4n) is 5.37. The van der Waals surface area contributed by atoms with Crippen LogP contribution in [0.3, 0.4) is 0 Å². The molecule has 0 aromatic heterocycles. The van der Waals surface area contributed by atoms with Crippen molar-refractivity contribution in [3.63, 3.8) is 0 Å². The highest BCUT2D eigenvalue weighted by Crippen LogP contribution is 2.53. The van der Waals surface area contributed by atoms with Crippen LogP contribution in [0.1, 0.15) is 12.8 Å². The van der Waals surface area contributed by atoms with E-state index in [0.29, 0.717) is 11.6 Å². The van der Waals surface area contributed by atoms with Crippen molar-refractivity contribution in [1.29, 1.82) is 0 Å².